The van der Waals surface area contributed by atoms with Crippen LogP contribution < -0.4 is 21.3 Å². The summed E-state index contributed by atoms with van der Waals surface area (Å²) in [6, 6.07) is 24.4. The standard InChI is InChI=1S/C26H27N5O2S/c1-31-22-13-6-5-12-21(22)23(19-9-3-2-4-10-19)29-24(25(31)32)30-26(33)28-20-11-7-8-18(16-20)17-34-15-14-27/h2-13,16,24H,14-15,17,27H2,1H3,(H2,28,30,33)/t24-/m0/s1. The van der Waals surface area contributed by atoms with Gasteiger partial charge in [-0.05, 0) is 23.8 Å². The number of benzodiazepines with no additional fused rings is 1. The molecule has 3 amide bonds. The molecule has 4 N–H and O–H groups in total. The van der Waals surface area contributed by atoms with Gasteiger partial charge in [0.1, 0.15) is 0 Å². The summed E-state index contributed by atoms with van der Waals surface area (Å²) in [6.07, 6.45) is -1.07. The van der Waals surface area contributed by atoms with Gasteiger partial charge in [-0.1, -0.05) is 60.7 Å². The molecule has 1 aliphatic heterocycles. The van der Waals surface area contributed by atoms with Crippen molar-refractivity contribution in [3.8, 4) is 0 Å². The predicted octanol–water partition coefficient (Wildman–Crippen LogP) is 3.84. The maximum absolute atomic E-state index is 13.2. The molecule has 0 aliphatic carbocycles. The number of urea groups is 1. The summed E-state index contributed by atoms with van der Waals surface area (Å²) in [7, 11) is 1.69. The van der Waals surface area contributed by atoms with Gasteiger partial charge in [-0.3, -0.25) is 4.79 Å². The maximum atomic E-state index is 13.2. The summed E-state index contributed by atoms with van der Waals surface area (Å²) in [4.78, 5) is 32.3. The van der Waals surface area contributed by atoms with E-state index in [0.717, 1.165) is 33.9 Å². The number of fused-ring (bicyclic) bond motifs is 1. The summed E-state index contributed by atoms with van der Waals surface area (Å²) in [6.45, 7) is 0.629. The van der Waals surface area contributed by atoms with Crippen molar-refractivity contribution in [1.82, 2.24) is 5.32 Å². The van der Waals surface area contributed by atoms with Crippen LogP contribution in [-0.4, -0.2) is 43.2 Å². The molecule has 1 aliphatic rings. The van der Waals surface area contributed by atoms with Gasteiger partial charge in [-0.25, -0.2) is 9.79 Å². The number of aliphatic imine (C=N–C) groups is 1. The van der Waals surface area contributed by atoms with E-state index in [1.54, 1.807) is 18.8 Å². The van der Waals surface area contributed by atoms with Gasteiger partial charge in [0.05, 0.1) is 11.4 Å². The number of hydrogen-bond donors (Lipinski definition) is 3. The number of carbonyl (C=O) groups is 2. The van der Waals surface area contributed by atoms with Crippen LogP contribution in [0, 0.1) is 0 Å². The number of thioether (sulfide) groups is 1. The molecular formula is C26H27N5O2S. The zero-order chi connectivity index (χ0) is 23.9. The van der Waals surface area contributed by atoms with Crippen LogP contribution in [0.4, 0.5) is 16.2 Å². The average Bonchev–Trinajstić information content (AvgIpc) is 2.96. The summed E-state index contributed by atoms with van der Waals surface area (Å²) in [5, 5.41) is 5.57. The highest BCUT2D eigenvalue weighted by Gasteiger charge is 2.30. The molecule has 3 aromatic carbocycles. The molecule has 1 heterocycles. The summed E-state index contributed by atoms with van der Waals surface area (Å²) >= 11 is 1.74. The fourth-order valence-electron chi connectivity index (χ4n) is 3.75. The van der Waals surface area contributed by atoms with Crippen LogP contribution in [0.3, 0.4) is 0 Å². The number of amides is 3. The van der Waals surface area contributed by atoms with Crippen molar-refractivity contribution in [2.24, 2.45) is 10.7 Å². The molecule has 34 heavy (non-hydrogen) atoms. The number of rotatable bonds is 7. The molecule has 0 fully saturated rings. The van der Waals surface area contributed by atoms with E-state index in [9.17, 15) is 9.59 Å². The molecule has 4 rings (SSSR count). The Bertz CT molecular complexity index is 1200. The third-order valence-electron chi connectivity index (χ3n) is 5.37. The Labute approximate surface area is 203 Å². The van der Waals surface area contributed by atoms with Crippen molar-refractivity contribution >= 4 is 40.8 Å². The highest BCUT2D eigenvalue weighted by Crippen LogP contribution is 2.27. The minimum absolute atomic E-state index is 0.319. The molecule has 174 valence electrons. The second kappa shape index (κ2) is 11.0. The highest BCUT2D eigenvalue weighted by molar-refractivity contribution is 7.98. The lowest BCUT2D eigenvalue weighted by atomic mass is 10.0. The quantitative estimate of drug-likeness (QED) is 0.454. The third kappa shape index (κ3) is 5.47. The molecule has 0 spiro atoms. The zero-order valence-corrected chi connectivity index (χ0v) is 19.7. The van der Waals surface area contributed by atoms with E-state index in [-0.39, 0.29) is 5.91 Å². The van der Waals surface area contributed by atoms with Gasteiger partial charge >= 0.3 is 6.03 Å². The van der Waals surface area contributed by atoms with Crippen LogP contribution in [0.2, 0.25) is 0 Å². The van der Waals surface area contributed by atoms with Crippen molar-refractivity contribution in [2.75, 3.05) is 29.6 Å². The Kier molecular flexibility index (Phi) is 7.61. The Hall–Kier alpha value is -3.62. The SMILES string of the molecule is CN1C(=O)[C@H](NC(=O)Nc2cccc(CSCCN)c2)N=C(c2ccccc2)c2ccccc21. The number of nitrogens with zero attached hydrogens (tertiary/aromatic N) is 2. The number of hydrogen-bond acceptors (Lipinski definition) is 5. The maximum Gasteiger partial charge on any atom is 0.321 e. The van der Waals surface area contributed by atoms with Crippen LogP contribution >= 0.6 is 11.8 Å². The number of carbonyl (C=O) groups excluding carboxylic acids is 2. The van der Waals surface area contributed by atoms with Crippen molar-refractivity contribution in [3.05, 3.63) is 95.6 Å². The van der Waals surface area contributed by atoms with Gasteiger partial charge in [0.25, 0.3) is 5.91 Å². The molecule has 0 saturated carbocycles. The van der Waals surface area contributed by atoms with Gasteiger partial charge in [-0.2, -0.15) is 11.8 Å². The van der Waals surface area contributed by atoms with Gasteiger partial charge in [-0.15, -0.1) is 0 Å². The van der Waals surface area contributed by atoms with Crippen LogP contribution in [-0.2, 0) is 10.5 Å². The summed E-state index contributed by atoms with van der Waals surface area (Å²) < 4.78 is 0. The Morgan fingerprint density at radius 1 is 1.06 bits per heavy atom. The van der Waals surface area contributed by atoms with Crippen molar-refractivity contribution in [2.45, 2.75) is 11.9 Å². The summed E-state index contributed by atoms with van der Waals surface area (Å²) in [5.74, 6) is 1.36. The van der Waals surface area contributed by atoms with E-state index in [2.05, 4.69) is 10.6 Å². The topological polar surface area (TPSA) is 99.8 Å². The van der Waals surface area contributed by atoms with E-state index >= 15 is 0 Å². The molecule has 7 nitrogen and oxygen atoms in total. The normalized spacial score (nSPS) is 15.2. The number of likely N-dealkylation sites (N-methyl/N-ethyl adjacent to an activating group) is 1. The zero-order valence-electron chi connectivity index (χ0n) is 18.9. The Morgan fingerprint density at radius 3 is 2.62 bits per heavy atom. The van der Waals surface area contributed by atoms with E-state index in [1.807, 2.05) is 78.9 Å². The van der Waals surface area contributed by atoms with Crippen LogP contribution in [0.15, 0.2) is 83.9 Å². The number of anilines is 2. The number of para-hydroxylation sites is 1. The number of nitrogens with one attached hydrogen (secondary N) is 2. The van der Waals surface area contributed by atoms with Crippen LogP contribution in [0.25, 0.3) is 0 Å². The van der Waals surface area contributed by atoms with Gasteiger partial charge in [0, 0.05) is 41.9 Å². The minimum atomic E-state index is -1.07. The molecular weight excluding hydrogens is 446 g/mol. The number of nitrogens with two attached hydrogens (primary N) is 1. The predicted molar refractivity (Wildman–Crippen MR) is 140 cm³/mol. The highest BCUT2D eigenvalue weighted by atomic mass is 32.2. The van der Waals surface area contributed by atoms with Crippen LogP contribution in [0.1, 0.15) is 16.7 Å². The lowest BCUT2D eigenvalue weighted by molar-refractivity contribution is -0.119. The molecule has 0 unspecified atom stereocenters. The second-order valence-corrected chi connectivity index (χ2v) is 8.91. The van der Waals surface area contributed by atoms with E-state index in [1.165, 1.54) is 4.90 Å². The van der Waals surface area contributed by atoms with E-state index < -0.39 is 12.2 Å². The van der Waals surface area contributed by atoms with Gasteiger partial charge in [0.2, 0.25) is 6.17 Å². The first kappa shape index (κ1) is 23.5. The molecule has 0 saturated heterocycles. The molecule has 1 atom stereocenters. The number of benzene rings is 3. The lowest BCUT2D eigenvalue weighted by Crippen LogP contribution is -2.47. The average molecular weight is 474 g/mol. The fraction of sp³-hybridized carbons (Fsp3) is 0.192. The molecule has 0 radical (unpaired) electrons. The van der Waals surface area contributed by atoms with Crippen molar-refractivity contribution in [3.63, 3.8) is 0 Å². The molecule has 0 aromatic heterocycles. The smallest absolute Gasteiger partial charge is 0.321 e. The monoisotopic (exact) mass is 473 g/mol. The molecule has 0 bridgehead atoms. The van der Waals surface area contributed by atoms with Gasteiger partial charge in [0.15, 0.2) is 0 Å². The van der Waals surface area contributed by atoms with Gasteiger partial charge < -0.3 is 21.3 Å². The Balaban J connectivity index is 1.57. The first-order chi connectivity index (χ1) is 16.6. The largest absolute Gasteiger partial charge is 0.330 e. The Morgan fingerprint density at radius 2 is 1.82 bits per heavy atom. The van der Waals surface area contributed by atoms with Crippen LogP contribution in [0.5, 0.6) is 0 Å². The molecule has 8 heteroatoms. The first-order valence-corrected chi connectivity index (χ1v) is 12.2. The first-order valence-electron chi connectivity index (χ1n) is 11.0. The van der Waals surface area contributed by atoms with Crippen molar-refractivity contribution < 1.29 is 9.59 Å². The summed E-state index contributed by atoms with van der Waals surface area (Å²) in [5.41, 5.74) is 10.4. The second-order valence-electron chi connectivity index (χ2n) is 7.80. The minimum Gasteiger partial charge on any atom is -0.330 e. The van der Waals surface area contributed by atoms with E-state index in [4.69, 9.17) is 10.7 Å². The third-order valence-corrected chi connectivity index (χ3v) is 6.44. The fourth-order valence-corrected chi connectivity index (χ4v) is 4.47. The lowest BCUT2D eigenvalue weighted by Gasteiger charge is -2.21. The van der Waals surface area contributed by atoms with E-state index in [0.29, 0.717) is 17.9 Å². The molecule has 3 aromatic rings. The van der Waals surface area contributed by atoms with Crippen molar-refractivity contribution in [1.29, 1.82) is 0 Å².